The van der Waals surface area contributed by atoms with Crippen molar-refractivity contribution in [2.75, 3.05) is 0 Å². The molecule has 0 unspecified atom stereocenters. The van der Waals surface area contributed by atoms with Crippen LogP contribution in [-0.2, 0) is 0 Å². The Morgan fingerprint density at radius 1 is 0.933 bits per heavy atom. The Kier molecular flexibility index (Phi) is 1.67. The van der Waals surface area contributed by atoms with Crippen LogP contribution >= 0.6 is 11.8 Å². The minimum atomic E-state index is 0.229. The number of phenolic OH excluding ortho intramolecular Hbond substituents is 1. The average molecular weight is 218 g/mol. The van der Waals surface area contributed by atoms with Gasteiger partial charge in [0.05, 0.1) is 11.0 Å². The molecular weight excluding hydrogens is 210 g/mol. The van der Waals surface area contributed by atoms with Gasteiger partial charge in [-0.3, -0.25) is 4.09 Å². The van der Waals surface area contributed by atoms with Crippen molar-refractivity contribution in [1.82, 2.24) is 4.09 Å². The zero-order valence-corrected chi connectivity index (χ0v) is 8.57. The minimum absolute atomic E-state index is 0.229. The Morgan fingerprint density at radius 3 is 2.53 bits per heavy atom. The molecule has 1 heterocycles. The monoisotopic (exact) mass is 217 g/mol. The van der Waals surface area contributed by atoms with Gasteiger partial charge in [0.15, 0.2) is 0 Å². The molecule has 3 aromatic rings. The molecular formula is C12H8ClNO. The van der Waals surface area contributed by atoms with E-state index < -0.39 is 0 Å². The number of para-hydroxylation sites is 1. The molecule has 74 valence electrons. The molecule has 0 atom stereocenters. The summed E-state index contributed by atoms with van der Waals surface area (Å²) in [4.78, 5) is 0. The summed E-state index contributed by atoms with van der Waals surface area (Å²) < 4.78 is 1.57. The lowest BCUT2D eigenvalue weighted by atomic mass is 10.1. The number of phenols is 1. The van der Waals surface area contributed by atoms with Crippen molar-refractivity contribution < 1.29 is 5.11 Å². The van der Waals surface area contributed by atoms with Gasteiger partial charge in [0, 0.05) is 28.6 Å². The second-order valence-corrected chi connectivity index (χ2v) is 3.84. The molecule has 0 aliphatic heterocycles. The number of hydrogen-bond acceptors (Lipinski definition) is 1. The molecule has 0 bridgehead atoms. The van der Waals surface area contributed by atoms with E-state index in [1.54, 1.807) is 16.2 Å². The van der Waals surface area contributed by atoms with Crippen LogP contribution in [0.5, 0.6) is 5.75 Å². The van der Waals surface area contributed by atoms with E-state index in [4.69, 9.17) is 11.8 Å². The third-order valence-corrected chi connectivity index (χ3v) is 2.96. The van der Waals surface area contributed by atoms with Crippen molar-refractivity contribution in [3.63, 3.8) is 0 Å². The van der Waals surface area contributed by atoms with Gasteiger partial charge in [-0.15, -0.1) is 0 Å². The van der Waals surface area contributed by atoms with E-state index in [0.717, 1.165) is 21.8 Å². The van der Waals surface area contributed by atoms with E-state index in [1.165, 1.54) is 0 Å². The fraction of sp³-hybridized carbons (Fsp3) is 0. The maximum Gasteiger partial charge on any atom is 0.117 e. The Bertz CT molecular complexity index is 657. The second-order valence-electron chi connectivity index (χ2n) is 3.50. The topological polar surface area (TPSA) is 25.2 Å². The highest BCUT2D eigenvalue weighted by atomic mass is 35.5. The molecule has 1 N–H and O–H groups in total. The van der Waals surface area contributed by atoms with Gasteiger partial charge in [0.1, 0.15) is 5.75 Å². The SMILES string of the molecule is Oc1ccc2c3ccccc3n(Cl)c2c1. The van der Waals surface area contributed by atoms with Gasteiger partial charge in [-0.05, 0) is 18.2 Å². The van der Waals surface area contributed by atoms with Crippen LogP contribution in [-0.4, -0.2) is 9.19 Å². The molecule has 0 saturated carbocycles. The smallest absolute Gasteiger partial charge is 0.117 e. The fourth-order valence-electron chi connectivity index (χ4n) is 1.91. The lowest BCUT2D eigenvalue weighted by Crippen LogP contribution is -1.77. The van der Waals surface area contributed by atoms with E-state index in [9.17, 15) is 5.11 Å². The van der Waals surface area contributed by atoms with Crippen LogP contribution in [0.2, 0.25) is 0 Å². The molecule has 0 fully saturated rings. The largest absolute Gasteiger partial charge is 0.508 e. The number of fused-ring (bicyclic) bond motifs is 3. The number of aromatic nitrogens is 1. The molecule has 0 aliphatic rings. The predicted molar refractivity (Wildman–Crippen MR) is 62.4 cm³/mol. The van der Waals surface area contributed by atoms with E-state index in [0.29, 0.717) is 0 Å². The van der Waals surface area contributed by atoms with E-state index in [-0.39, 0.29) is 5.75 Å². The van der Waals surface area contributed by atoms with E-state index >= 15 is 0 Å². The van der Waals surface area contributed by atoms with Crippen molar-refractivity contribution in [2.45, 2.75) is 0 Å². The molecule has 3 rings (SSSR count). The molecule has 15 heavy (non-hydrogen) atoms. The van der Waals surface area contributed by atoms with E-state index in [1.807, 2.05) is 30.3 Å². The van der Waals surface area contributed by atoms with Crippen LogP contribution in [0, 0.1) is 0 Å². The maximum absolute atomic E-state index is 9.41. The van der Waals surface area contributed by atoms with Crippen molar-refractivity contribution in [3.8, 4) is 5.75 Å². The van der Waals surface area contributed by atoms with Crippen molar-refractivity contribution >= 4 is 33.6 Å². The van der Waals surface area contributed by atoms with Crippen LogP contribution in [0.3, 0.4) is 0 Å². The summed E-state index contributed by atoms with van der Waals surface area (Å²) in [5, 5.41) is 11.6. The van der Waals surface area contributed by atoms with Gasteiger partial charge in [-0.1, -0.05) is 18.2 Å². The lowest BCUT2D eigenvalue weighted by Gasteiger charge is -1.94. The molecule has 2 aromatic carbocycles. The Morgan fingerprint density at radius 2 is 1.67 bits per heavy atom. The molecule has 0 spiro atoms. The highest BCUT2D eigenvalue weighted by molar-refractivity contribution is 6.26. The van der Waals surface area contributed by atoms with Crippen LogP contribution in [0.1, 0.15) is 0 Å². The first-order valence-corrected chi connectivity index (χ1v) is 4.99. The van der Waals surface area contributed by atoms with Crippen LogP contribution < -0.4 is 0 Å². The zero-order valence-electron chi connectivity index (χ0n) is 7.81. The molecule has 3 heteroatoms. The fourth-order valence-corrected chi connectivity index (χ4v) is 2.20. The minimum Gasteiger partial charge on any atom is -0.508 e. The molecule has 0 saturated heterocycles. The summed E-state index contributed by atoms with van der Waals surface area (Å²) in [6.45, 7) is 0. The van der Waals surface area contributed by atoms with Gasteiger partial charge < -0.3 is 5.11 Å². The molecule has 0 radical (unpaired) electrons. The van der Waals surface area contributed by atoms with Crippen LogP contribution in [0.4, 0.5) is 0 Å². The third kappa shape index (κ3) is 1.12. The summed E-state index contributed by atoms with van der Waals surface area (Å²) in [6.07, 6.45) is 0. The highest BCUT2D eigenvalue weighted by Gasteiger charge is 2.08. The Balaban J connectivity index is 2.63. The lowest BCUT2D eigenvalue weighted by molar-refractivity contribution is 0.476. The second kappa shape index (κ2) is 2.91. The summed E-state index contributed by atoms with van der Waals surface area (Å²) in [6, 6.07) is 13.1. The standard InChI is InChI=1S/C12H8ClNO/c13-14-11-4-2-1-3-9(11)10-6-5-8(15)7-12(10)14/h1-7,15H. The Hall–Kier alpha value is -1.67. The summed E-state index contributed by atoms with van der Waals surface area (Å²) in [5.74, 6) is 0.229. The number of aromatic hydroxyl groups is 1. The van der Waals surface area contributed by atoms with Crippen molar-refractivity contribution in [2.24, 2.45) is 0 Å². The van der Waals surface area contributed by atoms with Crippen LogP contribution in [0.15, 0.2) is 42.5 Å². The number of benzene rings is 2. The Labute approximate surface area is 91.4 Å². The summed E-state index contributed by atoms with van der Waals surface area (Å²) >= 11 is 6.17. The highest BCUT2D eigenvalue weighted by Crippen LogP contribution is 2.31. The first kappa shape index (κ1) is 8.62. The van der Waals surface area contributed by atoms with Crippen molar-refractivity contribution in [3.05, 3.63) is 42.5 Å². The summed E-state index contributed by atoms with van der Waals surface area (Å²) in [7, 11) is 0. The van der Waals surface area contributed by atoms with Crippen molar-refractivity contribution in [1.29, 1.82) is 0 Å². The molecule has 0 aliphatic carbocycles. The number of rotatable bonds is 0. The van der Waals surface area contributed by atoms with Gasteiger partial charge in [-0.25, -0.2) is 0 Å². The first-order chi connectivity index (χ1) is 7.27. The molecule has 1 aromatic heterocycles. The molecule has 2 nitrogen and oxygen atoms in total. The van der Waals surface area contributed by atoms with Gasteiger partial charge in [-0.2, -0.15) is 0 Å². The third-order valence-electron chi connectivity index (χ3n) is 2.60. The van der Waals surface area contributed by atoms with Gasteiger partial charge in [0.2, 0.25) is 0 Å². The number of nitrogens with zero attached hydrogens (tertiary/aromatic N) is 1. The summed E-state index contributed by atoms with van der Waals surface area (Å²) in [5.41, 5.74) is 1.79. The van der Waals surface area contributed by atoms with Crippen LogP contribution in [0.25, 0.3) is 21.8 Å². The quantitative estimate of drug-likeness (QED) is 0.613. The average Bonchev–Trinajstić information content (AvgIpc) is 2.54. The maximum atomic E-state index is 9.41. The normalized spacial score (nSPS) is 11.3. The number of hydrogen-bond donors (Lipinski definition) is 1. The molecule has 0 amide bonds. The first-order valence-electron chi connectivity index (χ1n) is 4.66. The van der Waals surface area contributed by atoms with E-state index in [2.05, 4.69) is 0 Å². The number of halogens is 1. The predicted octanol–water partition coefficient (Wildman–Crippen LogP) is 3.50. The van der Waals surface area contributed by atoms with Gasteiger partial charge in [0.25, 0.3) is 0 Å². The van der Waals surface area contributed by atoms with Gasteiger partial charge >= 0.3 is 0 Å². The zero-order chi connectivity index (χ0) is 10.4.